The third-order valence-electron chi connectivity index (χ3n) is 4.66. The van der Waals surface area contributed by atoms with Gasteiger partial charge in [0.25, 0.3) is 5.91 Å². The normalized spacial score (nSPS) is 18.8. The van der Waals surface area contributed by atoms with E-state index in [4.69, 9.17) is 5.73 Å². The van der Waals surface area contributed by atoms with Crippen molar-refractivity contribution in [1.82, 2.24) is 15.3 Å². The van der Waals surface area contributed by atoms with Crippen molar-refractivity contribution >= 4 is 45.0 Å². The lowest BCUT2D eigenvalue weighted by atomic mass is 9.95. The minimum atomic E-state index is -1.17. The number of piperidine rings is 1. The Morgan fingerprint density at radius 2 is 2.14 bits per heavy atom. The van der Waals surface area contributed by atoms with Crippen LogP contribution in [0.4, 0.5) is 21.9 Å². The zero-order valence-corrected chi connectivity index (χ0v) is 17.0. The molecule has 1 aliphatic heterocycles. The fraction of sp³-hybridized carbons (Fsp3) is 0.333. The van der Waals surface area contributed by atoms with Crippen LogP contribution in [0.5, 0.6) is 0 Å². The summed E-state index contributed by atoms with van der Waals surface area (Å²) < 4.78 is 0.443. The summed E-state index contributed by atoms with van der Waals surface area (Å²) in [5, 5.41) is 25.1. The summed E-state index contributed by atoms with van der Waals surface area (Å²) in [5.41, 5.74) is 6.53. The molecule has 0 radical (unpaired) electrons. The lowest BCUT2D eigenvalue weighted by molar-refractivity contribution is 0.102. The summed E-state index contributed by atoms with van der Waals surface area (Å²) in [6.07, 6.45) is 2.15. The molecule has 1 aliphatic rings. The standard InChI is InChI=1S/C18H21BrN6O4/c19-15-2-1-12(20)16(24-15)17(27)23-13-8-21-4-3-14(13)25(18(28)29)11-5-10(9-26)6-22-7-11/h1-4,8,10-11,22,26H,5-7,9,20H2,(H,23,27)(H,28,29). The first-order chi connectivity index (χ1) is 13.9. The molecule has 6 N–H and O–H groups in total. The summed E-state index contributed by atoms with van der Waals surface area (Å²) in [6.45, 7) is 1.01. The number of nitrogens with two attached hydrogens (primary N) is 1. The minimum Gasteiger partial charge on any atom is -0.465 e. The monoisotopic (exact) mass is 464 g/mol. The predicted octanol–water partition coefficient (Wildman–Crippen LogP) is 1.53. The molecular formula is C18H21BrN6O4. The number of halogens is 1. The van der Waals surface area contributed by atoms with Crippen LogP contribution in [0, 0.1) is 5.92 Å². The van der Waals surface area contributed by atoms with Crippen molar-refractivity contribution < 1.29 is 19.8 Å². The van der Waals surface area contributed by atoms with E-state index in [1.807, 2.05) is 0 Å². The number of aliphatic hydroxyl groups is 1. The van der Waals surface area contributed by atoms with E-state index in [0.717, 1.165) is 0 Å². The Hall–Kier alpha value is -2.76. The van der Waals surface area contributed by atoms with Gasteiger partial charge in [0.05, 0.1) is 29.3 Å². The number of rotatable bonds is 5. The number of nitrogens with one attached hydrogen (secondary N) is 2. The molecule has 2 aromatic rings. The maximum Gasteiger partial charge on any atom is 0.412 e. The molecule has 3 rings (SSSR count). The second-order valence-electron chi connectivity index (χ2n) is 6.67. The van der Waals surface area contributed by atoms with Gasteiger partial charge in [0.15, 0.2) is 5.69 Å². The summed E-state index contributed by atoms with van der Waals surface area (Å²) in [4.78, 5) is 34.0. The number of carbonyl (C=O) groups is 2. The van der Waals surface area contributed by atoms with E-state index in [9.17, 15) is 19.8 Å². The van der Waals surface area contributed by atoms with Crippen molar-refractivity contribution in [1.29, 1.82) is 0 Å². The van der Waals surface area contributed by atoms with Gasteiger partial charge < -0.3 is 26.6 Å². The molecule has 0 spiro atoms. The largest absolute Gasteiger partial charge is 0.465 e. The van der Waals surface area contributed by atoms with Crippen LogP contribution in [0.3, 0.4) is 0 Å². The molecule has 2 aromatic heterocycles. The Bertz CT molecular complexity index is 912. The fourth-order valence-electron chi connectivity index (χ4n) is 3.30. The van der Waals surface area contributed by atoms with Crippen molar-refractivity contribution in [2.45, 2.75) is 12.5 Å². The van der Waals surface area contributed by atoms with Gasteiger partial charge in [-0.25, -0.2) is 9.78 Å². The smallest absolute Gasteiger partial charge is 0.412 e. The van der Waals surface area contributed by atoms with E-state index in [2.05, 4.69) is 36.5 Å². The second kappa shape index (κ2) is 9.16. The molecule has 2 unspecified atom stereocenters. The van der Waals surface area contributed by atoms with Gasteiger partial charge in [0.1, 0.15) is 4.60 Å². The Morgan fingerprint density at radius 3 is 2.86 bits per heavy atom. The van der Waals surface area contributed by atoms with Gasteiger partial charge in [-0.15, -0.1) is 0 Å². The molecule has 3 heterocycles. The molecule has 0 bridgehead atoms. The third-order valence-corrected chi connectivity index (χ3v) is 5.10. The molecule has 0 saturated carbocycles. The van der Waals surface area contributed by atoms with Crippen molar-refractivity contribution in [2.75, 3.05) is 35.6 Å². The first kappa shape index (κ1) is 21.0. The van der Waals surface area contributed by atoms with Gasteiger partial charge in [-0.05, 0) is 46.5 Å². The average Bonchev–Trinajstić information content (AvgIpc) is 2.71. The van der Waals surface area contributed by atoms with Gasteiger partial charge in [-0.2, -0.15) is 0 Å². The first-order valence-electron chi connectivity index (χ1n) is 8.91. The average molecular weight is 465 g/mol. The predicted molar refractivity (Wildman–Crippen MR) is 111 cm³/mol. The molecule has 1 fully saturated rings. The summed E-state index contributed by atoms with van der Waals surface area (Å²) >= 11 is 3.20. The minimum absolute atomic E-state index is 0.00994. The van der Waals surface area contributed by atoms with Crippen molar-refractivity contribution in [3.05, 3.63) is 40.9 Å². The lowest BCUT2D eigenvalue weighted by Crippen LogP contribution is -2.52. The molecule has 154 valence electrons. The molecule has 10 nitrogen and oxygen atoms in total. The molecule has 11 heteroatoms. The Labute approximate surface area is 175 Å². The maximum atomic E-state index is 12.7. The summed E-state index contributed by atoms with van der Waals surface area (Å²) in [7, 11) is 0. The molecule has 1 saturated heterocycles. The van der Waals surface area contributed by atoms with E-state index in [0.29, 0.717) is 24.1 Å². The SMILES string of the molecule is Nc1ccc(Br)nc1C(=O)Nc1cnccc1N(C(=O)O)C1CNCC(CO)C1. The Kier molecular flexibility index (Phi) is 6.62. The van der Waals surface area contributed by atoms with E-state index in [1.165, 1.54) is 23.4 Å². The second-order valence-corrected chi connectivity index (χ2v) is 7.48. The van der Waals surface area contributed by atoms with Gasteiger partial charge in [-0.3, -0.25) is 14.7 Å². The number of hydrogen-bond acceptors (Lipinski definition) is 7. The molecule has 29 heavy (non-hydrogen) atoms. The van der Waals surface area contributed by atoms with Gasteiger partial charge in [0.2, 0.25) is 0 Å². The number of anilines is 3. The van der Waals surface area contributed by atoms with Crippen LogP contribution in [0.25, 0.3) is 0 Å². The molecule has 0 aliphatic carbocycles. The summed E-state index contributed by atoms with van der Waals surface area (Å²) in [5.74, 6) is -0.639. The van der Waals surface area contributed by atoms with E-state index in [-0.39, 0.29) is 35.3 Å². The van der Waals surface area contributed by atoms with Crippen molar-refractivity contribution in [3.8, 4) is 0 Å². The highest BCUT2D eigenvalue weighted by molar-refractivity contribution is 9.10. The van der Waals surface area contributed by atoms with Crippen molar-refractivity contribution in [3.63, 3.8) is 0 Å². The first-order valence-corrected chi connectivity index (χ1v) is 9.71. The van der Waals surface area contributed by atoms with E-state index < -0.39 is 18.0 Å². The number of hydrogen-bond donors (Lipinski definition) is 5. The van der Waals surface area contributed by atoms with Gasteiger partial charge in [0, 0.05) is 25.9 Å². The summed E-state index contributed by atoms with van der Waals surface area (Å²) in [6, 6.07) is 4.26. The highest BCUT2D eigenvalue weighted by atomic mass is 79.9. The number of aliphatic hydroxyl groups excluding tert-OH is 1. The van der Waals surface area contributed by atoms with Crippen LogP contribution >= 0.6 is 15.9 Å². The highest BCUT2D eigenvalue weighted by Gasteiger charge is 2.32. The number of amides is 2. The molecule has 0 aromatic carbocycles. The zero-order chi connectivity index (χ0) is 21.0. The highest BCUT2D eigenvalue weighted by Crippen LogP contribution is 2.30. The van der Waals surface area contributed by atoms with E-state index >= 15 is 0 Å². The van der Waals surface area contributed by atoms with Crippen LogP contribution in [0.1, 0.15) is 16.9 Å². The van der Waals surface area contributed by atoms with Crippen LogP contribution in [0.15, 0.2) is 35.2 Å². The van der Waals surface area contributed by atoms with Crippen LogP contribution in [0.2, 0.25) is 0 Å². The van der Waals surface area contributed by atoms with Gasteiger partial charge >= 0.3 is 6.09 Å². The number of carboxylic acid groups (broad SMARTS) is 1. The van der Waals surface area contributed by atoms with Crippen LogP contribution in [-0.2, 0) is 0 Å². The zero-order valence-electron chi connectivity index (χ0n) is 15.4. The van der Waals surface area contributed by atoms with Gasteiger partial charge in [-0.1, -0.05) is 0 Å². The third kappa shape index (κ3) is 4.81. The number of aromatic nitrogens is 2. The lowest BCUT2D eigenvalue weighted by Gasteiger charge is -2.36. The van der Waals surface area contributed by atoms with Crippen molar-refractivity contribution in [2.24, 2.45) is 5.92 Å². The quantitative estimate of drug-likeness (QED) is 0.417. The Balaban J connectivity index is 1.91. The number of nitrogen functional groups attached to an aromatic ring is 1. The maximum absolute atomic E-state index is 12.7. The fourth-order valence-corrected chi connectivity index (χ4v) is 3.61. The number of nitrogens with zero attached hydrogens (tertiary/aromatic N) is 3. The molecule has 2 amide bonds. The number of carbonyl (C=O) groups excluding carboxylic acids is 1. The molecule has 2 atom stereocenters. The van der Waals surface area contributed by atoms with Crippen LogP contribution < -0.4 is 21.3 Å². The molecular weight excluding hydrogens is 444 g/mol. The number of pyridine rings is 2. The van der Waals surface area contributed by atoms with Crippen LogP contribution in [-0.4, -0.2) is 57.9 Å². The Morgan fingerprint density at radius 1 is 1.34 bits per heavy atom. The topological polar surface area (TPSA) is 154 Å². The van der Waals surface area contributed by atoms with E-state index in [1.54, 1.807) is 12.1 Å².